The van der Waals surface area contributed by atoms with Crippen LogP contribution in [0.5, 0.6) is 0 Å². The predicted molar refractivity (Wildman–Crippen MR) is 67.4 cm³/mol. The van der Waals surface area contributed by atoms with Crippen molar-refractivity contribution in [3.8, 4) is 0 Å². The summed E-state index contributed by atoms with van der Waals surface area (Å²) in [4.78, 5) is 4.65. The molecule has 3 nitrogen and oxygen atoms in total. The average molecular weight is 217 g/mol. The van der Waals surface area contributed by atoms with E-state index in [9.17, 15) is 0 Å². The SMILES string of the molecule is Cc1ccc2c(c1)nc(CNC(C)C)n2C. The lowest BCUT2D eigenvalue weighted by Gasteiger charge is -2.07. The third-order valence-electron chi connectivity index (χ3n) is 2.80. The number of benzene rings is 1. The third kappa shape index (κ3) is 2.09. The molecule has 1 heterocycles. The second kappa shape index (κ2) is 4.26. The van der Waals surface area contributed by atoms with E-state index in [4.69, 9.17) is 0 Å². The van der Waals surface area contributed by atoms with Crippen LogP contribution >= 0.6 is 0 Å². The second-order valence-corrected chi connectivity index (χ2v) is 4.61. The highest BCUT2D eigenvalue weighted by Gasteiger charge is 2.07. The number of hydrogen-bond donors (Lipinski definition) is 1. The molecule has 0 fully saturated rings. The number of rotatable bonds is 3. The summed E-state index contributed by atoms with van der Waals surface area (Å²) in [5, 5.41) is 3.39. The summed E-state index contributed by atoms with van der Waals surface area (Å²) in [6.07, 6.45) is 0. The molecule has 16 heavy (non-hydrogen) atoms. The van der Waals surface area contributed by atoms with Crippen molar-refractivity contribution >= 4 is 11.0 Å². The summed E-state index contributed by atoms with van der Waals surface area (Å²) in [6.45, 7) is 7.21. The fourth-order valence-corrected chi connectivity index (χ4v) is 1.81. The Kier molecular flexibility index (Phi) is 2.97. The van der Waals surface area contributed by atoms with Crippen LogP contribution < -0.4 is 5.32 Å². The Balaban J connectivity index is 2.36. The summed E-state index contributed by atoms with van der Waals surface area (Å²) in [7, 11) is 2.07. The third-order valence-corrected chi connectivity index (χ3v) is 2.80. The van der Waals surface area contributed by atoms with E-state index in [1.54, 1.807) is 0 Å². The first kappa shape index (κ1) is 11.1. The van der Waals surface area contributed by atoms with Crippen LogP contribution in [0, 0.1) is 6.92 Å². The molecule has 0 saturated heterocycles. The number of fused-ring (bicyclic) bond motifs is 1. The number of hydrogen-bond acceptors (Lipinski definition) is 2. The molecule has 0 bridgehead atoms. The van der Waals surface area contributed by atoms with Crippen LogP contribution in [0.4, 0.5) is 0 Å². The van der Waals surface area contributed by atoms with Gasteiger partial charge in [0, 0.05) is 13.1 Å². The Morgan fingerprint density at radius 1 is 1.38 bits per heavy atom. The van der Waals surface area contributed by atoms with Gasteiger partial charge in [0.25, 0.3) is 0 Å². The molecule has 2 aromatic rings. The van der Waals surface area contributed by atoms with Crippen molar-refractivity contribution in [3.63, 3.8) is 0 Å². The highest BCUT2D eigenvalue weighted by Crippen LogP contribution is 2.16. The maximum Gasteiger partial charge on any atom is 0.123 e. The van der Waals surface area contributed by atoms with Crippen molar-refractivity contribution in [2.75, 3.05) is 0 Å². The molecule has 0 aliphatic carbocycles. The molecule has 0 aliphatic heterocycles. The Bertz CT molecular complexity index is 497. The fourth-order valence-electron chi connectivity index (χ4n) is 1.81. The predicted octanol–water partition coefficient (Wildman–Crippen LogP) is 2.38. The van der Waals surface area contributed by atoms with Crippen LogP contribution in [0.15, 0.2) is 18.2 Å². The Hall–Kier alpha value is -1.35. The monoisotopic (exact) mass is 217 g/mol. The van der Waals surface area contributed by atoms with Gasteiger partial charge < -0.3 is 9.88 Å². The van der Waals surface area contributed by atoms with Crippen molar-refractivity contribution < 1.29 is 0 Å². The number of nitrogens with one attached hydrogen (secondary N) is 1. The second-order valence-electron chi connectivity index (χ2n) is 4.61. The van der Waals surface area contributed by atoms with E-state index in [2.05, 4.69) is 60.9 Å². The standard InChI is InChI=1S/C13H19N3/c1-9(2)14-8-13-15-11-7-10(3)5-6-12(11)16(13)4/h5-7,9,14H,8H2,1-4H3. The molecule has 0 saturated carbocycles. The van der Waals surface area contributed by atoms with Crippen molar-refractivity contribution in [2.45, 2.75) is 33.4 Å². The Morgan fingerprint density at radius 3 is 2.81 bits per heavy atom. The molecule has 0 unspecified atom stereocenters. The molecule has 0 atom stereocenters. The number of nitrogens with zero attached hydrogens (tertiary/aromatic N) is 2. The van der Waals surface area contributed by atoms with Gasteiger partial charge in [0.15, 0.2) is 0 Å². The lowest BCUT2D eigenvalue weighted by atomic mass is 10.2. The summed E-state index contributed by atoms with van der Waals surface area (Å²) in [5.74, 6) is 1.09. The maximum atomic E-state index is 4.65. The molecule has 3 heteroatoms. The molecule has 1 aromatic heterocycles. The smallest absolute Gasteiger partial charge is 0.123 e. The van der Waals surface area contributed by atoms with Crippen molar-refractivity contribution in [2.24, 2.45) is 7.05 Å². The van der Waals surface area contributed by atoms with Gasteiger partial charge in [-0.25, -0.2) is 4.98 Å². The summed E-state index contributed by atoms with van der Waals surface area (Å²) >= 11 is 0. The number of aromatic nitrogens is 2. The van der Waals surface area contributed by atoms with Crippen LogP contribution in [-0.2, 0) is 13.6 Å². The van der Waals surface area contributed by atoms with E-state index in [1.807, 2.05) is 0 Å². The van der Waals surface area contributed by atoms with Gasteiger partial charge in [-0.1, -0.05) is 19.9 Å². The molecule has 2 rings (SSSR count). The molecular weight excluding hydrogens is 198 g/mol. The van der Waals surface area contributed by atoms with Crippen LogP contribution in [0.3, 0.4) is 0 Å². The van der Waals surface area contributed by atoms with Crippen LogP contribution in [0.25, 0.3) is 11.0 Å². The average Bonchev–Trinajstić information content (AvgIpc) is 2.52. The van der Waals surface area contributed by atoms with E-state index in [0.717, 1.165) is 17.9 Å². The molecule has 0 radical (unpaired) electrons. The van der Waals surface area contributed by atoms with Gasteiger partial charge in [0.2, 0.25) is 0 Å². The molecule has 0 aliphatic rings. The minimum atomic E-state index is 0.488. The first-order valence-corrected chi connectivity index (χ1v) is 5.73. The molecule has 0 amide bonds. The zero-order valence-corrected chi connectivity index (χ0v) is 10.4. The zero-order chi connectivity index (χ0) is 11.7. The van der Waals surface area contributed by atoms with Gasteiger partial charge in [0.05, 0.1) is 17.6 Å². The minimum absolute atomic E-state index is 0.488. The highest BCUT2D eigenvalue weighted by atomic mass is 15.1. The van der Waals surface area contributed by atoms with E-state index >= 15 is 0 Å². The van der Waals surface area contributed by atoms with Gasteiger partial charge in [-0.05, 0) is 24.6 Å². The summed E-state index contributed by atoms with van der Waals surface area (Å²) in [5.41, 5.74) is 3.54. The first-order chi connectivity index (χ1) is 7.58. The Morgan fingerprint density at radius 2 is 2.12 bits per heavy atom. The Labute approximate surface area is 96.5 Å². The van der Waals surface area contributed by atoms with Gasteiger partial charge in [-0.15, -0.1) is 0 Å². The topological polar surface area (TPSA) is 29.9 Å². The first-order valence-electron chi connectivity index (χ1n) is 5.73. The van der Waals surface area contributed by atoms with E-state index in [-0.39, 0.29) is 0 Å². The lowest BCUT2D eigenvalue weighted by Crippen LogP contribution is -2.23. The van der Waals surface area contributed by atoms with Crippen molar-refractivity contribution in [3.05, 3.63) is 29.6 Å². The summed E-state index contributed by atoms with van der Waals surface area (Å²) in [6, 6.07) is 6.88. The minimum Gasteiger partial charge on any atom is -0.330 e. The molecule has 0 spiro atoms. The van der Waals surface area contributed by atoms with Gasteiger partial charge >= 0.3 is 0 Å². The highest BCUT2D eigenvalue weighted by molar-refractivity contribution is 5.76. The molecular formula is C13H19N3. The maximum absolute atomic E-state index is 4.65. The molecule has 1 N–H and O–H groups in total. The lowest BCUT2D eigenvalue weighted by molar-refractivity contribution is 0.563. The van der Waals surface area contributed by atoms with Gasteiger partial charge in [-0.3, -0.25) is 0 Å². The van der Waals surface area contributed by atoms with E-state index in [0.29, 0.717) is 6.04 Å². The van der Waals surface area contributed by atoms with Crippen LogP contribution in [-0.4, -0.2) is 15.6 Å². The zero-order valence-electron chi connectivity index (χ0n) is 10.4. The van der Waals surface area contributed by atoms with Crippen molar-refractivity contribution in [1.82, 2.24) is 14.9 Å². The quantitative estimate of drug-likeness (QED) is 0.855. The van der Waals surface area contributed by atoms with Gasteiger partial charge in [0.1, 0.15) is 5.82 Å². The number of imidazole rings is 1. The fraction of sp³-hybridized carbons (Fsp3) is 0.462. The number of aryl methyl sites for hydroxylation is 2. The van der Waals surface area contributed by atoms with Gasteiger partial charge in [-0.2, -0.15) is 0 Å². The van der Waals surface area contributed by atoms with E-state index in [1.165, 1.54) is 11.1 Å². The van der Waals surface area contributed by atoms with E-state index < -0.39 is 0 Å². The summed E-state index contributed by atoms with van der Waals surface area (Å²) < 4.78 is 2.16. The molecule has 1 aromatic carbocycles. The normalized spacial score (nSPS) is 11.6. The molecule has 86 valence electrons. The largest absolute Gasteiger partial charge is 0.330 e. The van der Waals surface area contributed by atoms with Crippen LogP contribution in [0.2, 0.25) is 0 Å². The van der Waals surface area contributed by atoms with Crippen LogP contribution in [0.1, 0.15) is 25.2 Å². The van der Waals surface area contributed by atoms with Crippen molar-refractivity contribution in [1.29, 1.82) is 0 Å².